The lowest BCUT2D eigenvalue weighted by molar-refractivity contribution is 0.143. The molecule has 0 spiro atoms. The highest BCUT2D eigenvalue weighted by atomic mass is 33.1. The van der Waals surface area contributed by atoms with Crippen molar-refractivity contribution in [3.63, 3.8) is 0 Å². The van der Waals surface area contributed by atoms with Crippen molar-refractivity contribution in [3.05, 3.63) is 35.4 Å². The molecule has 1 aromatic rings. The number of aliphatic hydroxyl groups excluding tert-OH is 1. The molecular formula is C12H13NOS2. The summed E-state index contributed by atoms with van der Waals surface area (Å²) in [5.41, 5.74) is 1.75. The summed E-state index contributed by atoms with van der Waals surface area (Å²) < 4.78 is -0.108. The lowest BCUT2D eigenvalue weighted by Crippen LogP contribution is -2.31. The van der Waals surface area contributed by atoms with Crippen LogP contribution in [0.5, 0.6) is 0 Å². The summed E-state index contributed by atoms with van der Waals surface area (Å²) in [6.07, 6.45) is -0.351. The van der Waals surface area contributed by atoms with Gasteiger partial charge in [0.1, 0.15) is 0 Å². The van der Waals surface area contributed by atoms with Crippen LogP contribution in [0, 0.1) is 11.3 Å². The maximum Gasteiger partial charge on any atom is 0.0991 e. The van der Waals surface area contributed by atoms with Crippen LogP contribution in [0.2, 0.25) is 0 Å². The number of aliphatic hydroxyl groups is 1. The second kappa shape index (κ2) is 4.33. The molecule has 2 rings (SSSR count). The standard InChI is InChI=1S/C12H13NOS2/c1-12(2)11(14)10(15-16-12)9-5-3-8(7-13)4-6-9/h3-6,10-11,14H,1-2H3/t10-,11-/m1/s1. The summed E-state index contributed by atoms with van der Waals surface area (Å²) in [6, 6.07) is 9.57. The average molecular weight is 251 g/mol. The second-order valence-electron chi connectivity index (χ2n) is 4.38. The van der Waals surface area contributed by atoms with Gasteiger partial charge in [-0.1, -0.05) is 33.7 Å². The summed E-state index contributed by atoms with van der Waals surface area (Å²) in [6.45, 7) is 4.11. The smallest absolute Gasteiger partial charge is 0.0991 e. The third-order valence-corrected chi connectivity index (χ3v) is 6.44. The van der Waals surface area contributed by atoms with Crippen LogP contribution in [0.25, 0.3) is 0 Å². The van der Waals surface area contributed by atoms with Crippen LogP contribution in [0.3, 0.4) is 0 Å². The fourth-order valence-corrected chi connectivity index (χ4v) is 5.01. The van der Waals surface area contributed by atoms with Crippen LogP contribution in [0.15, 0.2) is 24.3 Å². The van der Waals surface area contributed by atoms with Crippen LogP contribution in [-0.4, -0.2) is 16.0 Å². The predicted octanol–water partition coefficient (Wildman–Crippen LogP) is 3.13. The molecule has 0 saturated carbocycles. The van der Waals surface area contributed by atoms with Crippen LogP contribution in [0.1, 0.15) is 30.2 Å². The van der Waals surface area contributed by atoms with Crippen LogP contribution >= 0.6 is 21.6 Å². The lowest BCUT2D eigenvalue weighted by atomic mass is 9.97. The number of benzene rings is 1. The van der Waals surface area contributed by atoms with E-state index in [-0.39, 0.29) is 16.1 Å². The minimum atomic E-state index is -0.351. The molecule has 0 unspecified atom stereocenters. The molecule has 1 heterocycles. The quantitative estimate of drug-likeness (QED) is 0.779. The van der Waals surface area contributed by atoms with Gasteiger partial charge in [-0.2, -0.15) is 5.26 Å². The van der Waals surface area contributed by atoms with E-state index in [2.05, 4.69) is 19.9 Å². The van der Waals surface area contributed by atoms with Gasteiger partial charge in [0.05, 0.1) is 23.0 Å². The van der Waals surface area contributed by atoms with E-state index in [0.29, 0.717) is 5.56 Å². The van der Waals surface area contributed by atoms with Gasteiger partial charge < -0.3 is 5.11 Å². The first-order chi connectivity index (χ1) is 7.54. The van der Waals surface area contributed by atoms with E-state index in [1.165, 1.54) is 0 Å². The fraction of sp³-hybridized carbons (Fsp3) is 0.417. The van der Waals surface area contributed by atoms with Gasteiger partial charge in [-0.05, 0) is 31.5 Å². The van der Waals surface area contributed by atoms with E-state index >= 15 is 0 Å². The summed E-state index contributed by atoms with van der Waals surface area (Å²) in [5.74, 6) is 0. The van der Waals surface area contributed by atoms with Crippen LogP contribution in [0.4, 0.5) is 0 Å². The van der Waals surface area contributed by atoms with Crippen LogP contribution in [-0.2, 0) is 0 Å². The summed E-state index contributed by atoms with van der Waals surface area (Å²) in [7, 11) is 3.43. The normalized spacial score (nSPS) is 27.6. The maximum atomic E-state index is 10.2. The Kier molecular flexibility index (Phi) is 3.20. The van der Waals surface area contributed by atoms with Gasteiger partial charge in [0.25, 0.3) is 0 Å². The number of nitrogens with zero attached hydrogens (tertiary/aromatic N) is 1. The SMILES string of the molecule is CC1(C)SS[C@H](c2ccc(C#N)cc2)[C@H]1O. The Hall–Kier alpha value is -0.630. The molecule has 1 aliphatic rings. The summed E-state index contributed by atoms with van der Waals surface area (Å²) >= 11 is 0. The van der Waals surface area contributed by atoms with Crippen LogP contribution < -0.4 is 0 Å². The Morgan fingerprint density at radius 2 is 1.94 bits per heavy atom. The minimum Gasteiger partial charge on any atom is -0.390 e. The van der Waals surface area contributed by atoms with E-state index in [1.807, 2.05) is 12.1 Å². The Bertz CT molecular complexity index is 422. The van der Waals surface area contributed by atoms with E-state index in [4.69, 9.17) is 5.26 Å². The van der Waals surface area contributed by atoms with E-state index < -0.39 is 0 Å². The molecule has 1 aliphatic heterocycles. The third-order valence-electron chi connectivity index (χ3n) is 2.73. The van der Waals surface area contributed by atoms with Crippen molar-refractivity contribution in [2.45, 2.75) is 29.9 Å². The number of hydrogen-bond donors (Lipinski definition) is 1. The summed E-state index contributed by atoms with van der Waals surface area (Å²) in [4.78, 5) is 0. The lowest BCUT2D eigenvalue weighted by Gasteiger charge is -2.23. The Labute approximate surface area is 103 Å². The van der Waals surface area contributed by atoms with Gasteiger partial charge in [0.2, 0.25) is 0 Å². The molecule has 4 heteroatoms. The van der Waals surface area contributed by atoms with Crippen molar-refractivity contribution < 1.29 is 5.11 Å². The highest BCUT2D eigenvalue weighted by molar-refractivity contribution is 8.77. The molecule has 0 bridgehead atoms. The van der Waals surface area contributed by atoms with Crippen molar-refractivity contribution in [3.8, 4) is 6.07 Å². The predicted molar refractivity (Wildman–Crippen MR) is 69.2 cm³/mol. The number of nitriles is 1. The molecule has 1 aromatic carbocycles. The first kappa shape index (κ1) is 11.8. The molecule has 0 amide bonds. The zero-order valence-corrected chi connectivity index (χ0v) is 10.8. The Balaban J connectivity index is 2.23. The molecule has 2 nitrogen and oxygen atoms in total. The molecule has 16 heavy (non-hydrogen) atoms. The van der Waals surface area contributed by atoms with E-state index in [9.17, 15) is 5.11 Å². The summed E-state index contributed by atoms with van der Waals surface area (Å²) in [5, 5.41) is 19.0. The molecular weight excluding hydrogens is 238 g/mol. The van der Waals surface area contributed by atoms with Gasteiger partial charge >= 0.3 is 0 Å². The van der Waals surface area contributed by atoms with Gasteiger partial charge in [0, 0.05) is 4.75 Å². The van der Waals surface area contributed by atoms with Crippen molar-refractivity contribution >= 4 is 21.6 Å². The average Bonchev–Trinajstić information content (AvgIpc) is 2.55. The topological polar surface area (TPSA) is 44.0 Å². The second-order valence-corrected chi connectivity index (χ2v) is 7.38. The molecule has 0 aromatic heterocycles. The number of hydrogen-bond acceptors (Lipinski definition) is 4. The van der Waals surface area contributed by atoms with Gasteiger partial charge in [-0.15, -0.1) is 0 Å². The highest BCUT2D eigenvalue weighted by Gasteiger charge is 2.43. The maximum absolute atomic E-state index is 10.2. The van der Waals surface area contributed by atoms with Crippen molar-refractivity contribution in [1.29, 1.82) is 5.26 Å². The molecule has 2 atom stereocenters. The zero-order valence-electron chi connectivity index (χ0n) is 9.18. The third kappa shape index (κ3) is 2.08. The zero-order chi connectivity index (χ0) is 11.8. The van der Waals surface area contributed by atoms with E-state index in [0.717, 1.165) is 5.56 Å². The monoisotopic (exact) mass is 251 g/mol. The molecule has 0 radical (unpaired) electrons. The first-order valence-electron chi connectivity index (χ1n) is 5.07. The largest absolute Gasteiger partial charge is 0.390 e. The van der Waals surface area contributed by atoms with Gasteiger partial charge in [0.15, 0.2) is 0 Å². The number of rotatable bonds is 1. The minimum absolute atomic E-state index is 0.104. The molecule has 1 saturated heterocycles. The molecule has 84 valence electrons. The Morgan fingerprint density at radius 3 is 2.38 bits per heavy atom. The fourth-order valence-electron chi connectivity index (χ4n) is 1.63. The van der Waals surface area contributed by atoms with Gasteiger partial charge in [-0.25, -0.2) is 0 Å². The molecule has 1 fully saturated rings. The van der Waals surface area contributed by atoms with Gasteiger partial charge in [-0.3, -0.25) is 0 Å². The first-order valence-corrected chi connectivity index (χ1v) is 7.28. The van der Waals surface area contributed by atoms with Crippen molar-refractivity contribution in [2.75, 3.05) is 0 Å². The molecule has 1 N–H and O–H groups in total. The van der Waals surface area contributed by atoms with Crippen molar-refractivity contribution in [1.82, 2.24) is 0 Å². The van der Waals surface area contributed by atoms with Crippen molar-refractivity contribution in [2.24, 2.45) is 0 Å². The molecule has 0 aliphatic carbocycles. The van der Waals surface area contributed by atoms with E-state index in [1.54, 1.807) is 33.7 Å². The Morgan fingerprint density at radius 1 is 1.31 bits per heavy atom. The highest BCUT2D eigenvalue weighted by Crippen LogP contribution is 2.57.